The normalized spacial score (nSPS) is 10.1. The van der Waals surface area contributed by atoms with Gasteiger partial charge >= 0.3 is 11.8 Å². The molecule has 0 aliphatic carbocycles. The van der Waals surface area contributed by atoms with Crippen LogP contribution >= 0.6 is 0 Å². The van der Waals surface area contributed by atoms with Gasteiger partial charge in [-0.25, -0.2) is 4.39 Å². The lowest BCUT2D eigenvalue weighted by molar-refractivity contribution is -0.136. The number of nitrogens with one attached hydrogen (secondary N) is 2. The molecule has 6 heteroatoms. The van der Waals surface area contributed by atoms with Crippen LogP contribution in [-0.4, -0.2) is 18.4 Å². The van der Waals surface area contributed by atoms with Crippen molar-refractivity contribution in [1.82, 2.24) is 5.32 Å². The summed E-state index contributed by atoms with van der Waals surface area (Å²) >= 11 is 0. The number of carbonyl (C=O) groups excluding carboxylic acids is 2. The predicted molar refractivity (Wildman–Crippen MR) is 89.2 cm³/mol. The number of ether oxygens (including phenoxy) is 1. The molecule has 0 aliphatic rings. The standard InChI is InChI=1S/C18H19FN2O3/c1-3-24-15-8-5-13(6-9-15)11-20-17(22)18(23)21-14-7-4-12(2)16(19)10-14/h4-10H,3,11H2,1-2H3,(H,20,22)(H,21,23). The summed E-state index contributed by atoms with van der Waals surface area (Å²) in [6, 6.07) is 11.4. The molecule has 0 fully saturated rings. The molecule has 5 nitrogen and oxygen atoms in total. The molecular weight excluding hydrogens is 311 g/mol. The van der Waals surface area contributed by atoms with Crippen molar-refractivity contribution in [1.29, 1.82) is 0 Å². The molecule has 0 bridgehead atoms. The number of aryl methyl sites for hydroxylation is 1. The van der Waals surface area contributed by atoms with Gasteiger partial charge in [0.15, 0.2) is 0 Å². The Kier molecular flexibility index (Phi) is 5.89. The number of halogens is 1. The van der Waals surface area contributed by atoms with Crippen LogP contribution in [0.2, 0.25) is 0 Å². The summed E-state index contributed by atoms with van der Waals surface area (Å²) in [4.78, 5) is 23.6. The lowest BCUT2D eigenvalue weighted by Crippen LogP contribution is -2.34. The molecule has 0 saturated heterocycles. The van der Waals surface area contributed by atoms with Crippen LogP contribution < -0.4 is 15.4 Å². The zero-order chi connectivity index (χ0) is 17.5. The van der Waals surface area contributed by atoms with Crippen LogP contribution in [0.3, 0.4) is 0 Å². The van der Waals surface area contributed by atoms with E-state index in [4.69, 9.17) is 4.74 Å². The molecule has 126 valence electrons. The average molecular weight is 330 g/mol. The molecule has 0 unspecified atom stereocenters. The molecule has 0 aliphatic heterocycles. The Labute approximate surface area is 139 Å². The SMILES string of the molecule is CCOc1ccc(CNC(=O)C(=O)Nc2ccc(C)c(F)c2)cc1. The Morgan fingerprint density at radius 1 is 1.08 bits per heavy atom. The molecule has 0 heterocycles. The minimum Gasteiger partial charge on any atom is -0.494 e. The Hall–Kier alpha value is -2.89. The molecule has 2 N–H and O–H groups in total. The van der Waals surface area contributed by atoms with Crippen LogP contribution in [0.5, 0.6) is 5.75 Å². The van der Waals surface area contributed by atoms with Gasteiger partial charge in [0, 0.05) is 12.2 Å². The number of benzene rings is 2. The van der Waals surface area contributed by atoms with E-state index in [1.54, 1.807) is 31.2 Å². The van der Waals surface area contributed by atoms with E-state index in [0.717, 1.165) is 11.3 Å². The number of amides is 2. The van der Waals surface area contributed by atoms with Crippen LogP contribution in [-0.2, 0) is 16.1 Å². The van der Waals surface area contributed by atoms with Crippen molar-refractivity contribution in [3.8, 4) is 5.75 Å². The highest BCUT2D eigenvalue weighted by Crippen LogP contribution is 2.14. The van der Waals surface area contributed by atoms with Gasteiger partial charge in [0.2, 0.25) is 0 Å². The predicted octanol–water partition coefficient (Wildman–Crippen LogP) is 2.79. The molecule has 24 heavy (non-hydrogen) atoms. The van der Waals surface area contributed by atoms with E-state index in [-0.39, 0.29) is 12.2 Å². The summed E-state index contributed by atoms with van der Waals surface area (Å²) in [6.07, 6.45) is 0. The topological polar surface area (TPSA) is 67.4 Å². The zero-order valence-electron chi connectivity index (χ0n) is 13.6. The van der Waals surface area contributed by atoms with Crippen LogP contribution in [0.25, 0.3) is 0 Å². The highest BCUT2D eigenvalue weighted by Gasteiger charge is 2.14. The minimum atomic E-state index is -0.843. The summed E-state index contributed by atoms with van der Waals surface area (Å²) in [5.74, 6) is -1.33. The Bertz CT molecular complexity index is 730. The van der Waals surface area contributed by atoms with Crippen molar-refractivity contribution in [2.45, 2.75) is 20.4 Å². The summed E-state index contributed by atoms with van der Waals surface area (Å²) in [6.45, 7) is 4.30. The van der Waals surface area contributed by atoms with Crippen LogP contribution in [0, 0.1) is 12.7 Å². The smallest absolute Gasteiger partial charge is 0.313 e. The average Bonchev–Trinajstić information content (AvgIpc) is 2.57. The quantitative estimate of drug-likeness (QED) is 0.829. The first kappa shape index (κ1) is 17.5. The van der Waals surface area contributed by atoms with Gasteiger partial charge in [-0.05, 0) is 49.2 Å². The Morgan fingerprint density at radius 3 is 2.42 bits per heavy atom. The van der Waals surface area contributed by atoms with Crippen molar-refractivity contribution >= 4 is 17.5 Å². The third kappa shape index (κ3) is 4.81. The molecule has 2 amide bonds. The second-order valence-electron chi connectivity index (χ2n) is 5.18. The molecule has 2 aromatic carbocycles. The lowest BCUT2D eigenvalue weighted by Gasteiger charge is -2.08. The lowest BCUT2D eigenvalue weighted by atomic mass is 10.2. The van der Waals surface area contributed by atoms with Gasteiger partial charge in [-0.15, -0.1) is 0 Å². The molecule has 0 aromatic heterocycles. The number of hydrogen-bond donors (Lipinski definition) is 2. The third-order valence-corrected chi connectivity index (χ3v) is 3.32. The Balaban J connectivity index is 1.87. The zero-order valence-corrected chi connectivity index (χ0v) is 13.6. The summed E-state index contributed by atoms with van der Waals surface area (Å²) in [7, 11) is 0. The van der Waals surface area contributed by atoms with E-state index < -0.39 is 17.6 Å². The van der Waals surface area contributed by atoms with E-state index in [1.807, 2.05) is 6.92 Å². The van der Waals surface area contributed by atoms with E-state index in [2.05, 4.69) is 10.6 Å². The van der Waals surface area contributed by atoms with Gasteiger partial charge < -0.3 is 15.4 Å². The van der Waals surface area contributed by atoms with E-state index in [1.165, 1.54) is 18.2 Å². The second kappa shape index (κ2) is 8.10. The molecular formula is C18H19FN2O3. The summed E-state index contributed by atoms with van der Waals surface area (Å²) in [5.41, 5.74) is 1.54. The fraction of sp³-hybridized carbons (Fsp3) is 0.222. The molecule has 0 saturated carbocycles. The maximum atomic E-state index is 13.4. The largest absolute Gasteiger partial charge is 0.494 e. The first-order valence-electron chi connectivity index (χ1n) is 7.56. The van der Waals surface area contributed by atoms with Gasteiger partial charge in [-0.1, -0.05) is 18.2 Å². The highest BCUT2D eigenvalue weighted by molar-refractivity contribution is 6.39. The first-order valence-corrected chi connectivity index (χ1v) is 7.56. The molecule has 0 atom stereocenters. The summed E-state index contributed by atoms with van der Waals surface area (Å²) < 4.78 is 18.8. The van der Waals surface area contributed by atoms with E-state index in [0.29, 0.717) is 12.2 Å². The Morgan fingerprint density at radius 2 is 1.79 bits per heavy atom. The van der Waals surface area contributed by atoms with Crippen molar-refractivity contribution in [3.63, 3.8) is 0 Å². The van der Waals surface area contributed by atoms with Crippen molar-refractivity contribution in [2.24, 2.45) is 0 Å². The fourth-order valence-electron chi connectivity index (χ4n) is 1.99. The summed E-state index contributed by atoms with van der Waals surface area (Å²) in [5, 5.41) is 4.87. The monoisotopic (exact) mass is 330 g/mol. The van der Waals surface area contributed by atoms with Crippen molar-refractivity contribution < 1.29 is 18.7 Å². The maximum absolute atomic E-state index is 13.4. The van der Waals surface area contributed by atoms with Crippen molar-refractivity contribution in [2.75, 3.05) is 11.9 Å². The van der Waals surface area contributed by atoms with Crippen LogP contribution in [0.1, 0.15) is 18.1 Å². The van der Waals surface area contributed by atoms with Gasteiger partial charge in [0.1, 0.15) is 11.6 Å². The number of hydrogen-bond acceptors (Lipinski definition) is 3. The van der Waals surface area contributed by atoms with Crippen LogP contribution in [0.15, 0.2) is 42.5 Å². The van der Waals surface area contributed by atoms with Gasteiger partial charge in [0.05, 0.1) is 6.61 Å². The number of carbonyl (C=O) groups is 2. The van der Waals surface area contributed by atoms with Crippen LogP contribution in [0.4, 0.5) is 10.1 Å². The molecule has 0 spiro atoms. The van der Waals surface area contributed by atoms with Gasteiger partial charge in [0.25, 0.3) is 0 Å². The fourth-order valence-corrected chi connectivity index (χ4v) is 1.99. The van der Waals surface area contributed by atoms with E-state index in [9.17, 15) is 14.0 Å². The maximum Gasteiger partial charge on any atom is 0.313 e. The highest BCUT2D eigenvalue weighted by atomic mass is 19.1. The molecule has 0 radical (unpaired) electrons. The van der Waals surface area contributed by atoms with Crippen molar-refractivity contribution in [3.05, 3.63) is 59.4 Å². The first-order chi connectivity index (χ1) is 11.5. The number of rotatable bonds is 5. The minimum absolute atomic E-state index is 0.209. The number of anilines is 1. The van der Waals surface area contributed by atoms with Gasteiger partial charge in [-0.3, -0.25) is 9.59 Å². The van der Waals surface area contributed by atoms with E-state index >= 15 is 0 Å². The second-order valence-corrected chi connectivity index (χ2v) is 5.18. The molecule has 2 rings (SSSR count). The van der Waals surface area contributed by atoms with Gasteiger partial charge in [-0.2, -0.15) is 0 Å². The molecule has 2 aromatic rings. The third-order valence-electron chi connectivity index (χ3n) is 3.32.